The Morgan fingerprint density at radius 3 is 2.83 bits per heavy atom. The van der Waals surface area contributed by atoms with E-state index >= 15 is 0 Å². The molecule has 2 rings (SSSR count). The Morgan fingerprint density at radius 1 is 1.54 bits per heavy atom. The van der Waals surface area contributed by atoms with Crippen LogP contribution in [0.25, 0.3) is 0 Å². The van der Waals surface area contributed by atoms with E-state index < -0.39 is 0 Å². The number of methoxy groups -OCH3 is 1. The molecule has 0 radical (unpaired) electrons. The second-order valence-electron chi connectivity index (χ2n) is 6.71. The lowest BCUT2D eigenvalue weighted by Gasteiger charge is -2.44. The molecule has 1 aliphatic heterocycles. The molecule has 1 fully saturated rings. The van der Waals surface area contributed by atoms with Crippen molar-refractivity contribution < 1.29 is 9.53 Å². The fourth-order valence-electron chi connectivity index (χ4n) is 2.97. The van der Waals surface area contributed by atoms with Crippen molar-refractivity contribution in [1.29, 1.82) is 0 Å². The van der Waals surface area contributed by atoms with Gasteiger partial charge in [-0.3, -0.25) is 4.79 Å². The normalized spacial score (nSPS) is 19.6. The van der Waals surface area contributed by atoms with Crippen molar-refractivity contribution in [1.82, 2.24) is 10.2 Å². The standard InChI is InChI=1S/C17H24ClN3O2S/c1-11-10-17(2,3)20-16(24)21(11)8-7-15(22)19-12-5-6-14(23-4)13(18)9-12/h5-6,9,11H,7-8,10H2,1-4H3,(H,19,22)(H,20,24)/t11-/m0/s1. The number of amides is 1. The molecule has 0 saturated carbocycles. The second-order valence-corrected chi connectivity index (χ2v) is 7.50. The number of thiocarbonyl (C=S) groups is 1. The Hall–Kier alpha value is -1.53. The number of rotatable bonds is 5. The zero-order valence-electron chi connectivity index (χ0n) is 14.5. The van der Waals surface area contributed by atoms with Gasteiger partial charge in [-0.2, -0.15) is 0 Å². The summed E-state index contributed by atoms with van der Waals surface area (Å²) in [5.41, 5.74) is 0.647. The second kappa shape index (κ2) is 7.57. The summed E-state index contributed by atoms with van der Waals surface area (Å²) in [5.74, 6) is 0.506. The van der Waals surface area contributed by atoms with Crippen LogP contribution in [-0.4, -0.2) is 41.2 Å². The van der Waals surface area contributed by atoms with E-state index in [1.54, 1.807) is 25.3 Å². The number of carbonyl (C=O) groups is 1. The lowest BCUT2D eigenvalue weighted by molar-refractivity contribution is -0.116. The topological polar surface area (TPSA) is 53.6 Å². The van der Waals surface area contributed by atoms with E-state index in [9.17, 15) is 4.79 Å². The van der Waals surface area contributed by atoms with Gasteiger partial charge in [0.15, 0.2) is 5.11 Å². The van der Waals surface area contributed by atoms with Crippen LogP contribution in [0.5, 0.6) is 5.75 Å². The third-order valence-electron chi connectivity index (χ3n) is 4.06. The molecule has 1 heterocycles. The number of benzene rings is 1. The monoisotopic (exact) mass is 369 g/mol. The lowest BCUT2D eigenvalue weighted by atomic mass is 9.93. The smallest absolute Gasteiger partial charge is 0.226 e. The van der Waals surface area contributed by atoms with Gasteiger partial charge in [0, 0.05) is 30.2 Å². The highest BCUT2D eigenvalue weighted by Crippen LogP contribution is 2.27. The maximum absolute atomic E-state index is 12.2. The highest BCUT2D eigenvalue weighted by atomic mass is 35.5. The average Bonchev–Trinajstić information content (AvgIpc) is 2.45. The van der Waals surface area contributed by atoms with Crippen molar-refractivity contribution in [2.75, 3.05) is 19.0 Å². The van der Waals surface area contributed by atoms with Gasteiger partial charge in [-0.25, -0.2) is 0 Å². The van der Waals surface area contributed by atoms with Gasteiger partial charge >= 0.3 is 0 Å². The Labute approximate surface area is 153 Å². The number of hydrogen-bond donors (Lipinski definition) is 2. The molecule has 7 heteroatoms. The van der Waals surface area contributed by atoms with Crippen molar-refractivity contribution >= 4 is 40.5 Å². The van der Waals surface area contributed by atoms with E-state index in [4.69, 9.17) is 28.6 Å². The van der Waals surface area contributed by atoms with Crippen LogP contribution in [0.1, 0.15) is 33.6 Å². The Kier molecular flexibility index (Phi) is 5.93. The van der Waals surface area contributed by atoms with Gasteiger partial charge in [0.05, 0.1) is 12.1 Å². The summed E-state index contributed by atoms with van der Waals surface area (Å²) in [6, 6.07) is 5.47. The first-order valence-corrected chi connectivity index (χ1v) is 8.72. The molecule has 1 aromatic carbocycles. The van der Waals surface area contributed by atoms with Crippen LogP contribution in [0.3, 0.4) is 0 Å². The third-order valence-corrected chi connectivity index (χ3v) is 4.69. The molecule has 0 aliphatic carbocycles. The zero-order chi connectivity index (χ0) is 17.9. The van der Waals surface area contributed by atoms with E-state index in [-0.39, 0.29) is 11.4 Å². The fourth-order valence-corrected chi connectivity index (χ4v) is 3.78. The van der Waals surface area contributed by atoms with Crippen LogP contribution in [0.4, 0.5) is 5.69 Å². The highest BCUT2D eigenvalue weighted by molar-refractivity contribution is 7.80. The lowest BCUT2D eigenvalue weighted by Crippen LogP contribution is -2.60. The molecule has 5 nitrogen and oxygen atoms in total. The Bertz CT molecular complexity index is 636. The summed E-state index contributed by atoms with van der Waals surface area (Å²) in [7, 11) is 1.55. The van der Waals surface area contributed by atoms with Crippen molar-refractivity contribution in [3.8, 4) is 5.75 Å². The van der Waals surface area contributed by atoms with Crippen molar-refractivity contribution in [2.24, 2.45) is 0 Å². The quantitative estimate of drug-likeness (QED) is 0.779. The summed E-state index contributed by atoms with van der Waals surface area (Å²) < 4.78 is 5.10. The van der Waals surface area contributed by atoms with Crippen molar-refractivity contribution in [3.63, 3.8) is 0 Å². The van der Waals surface area contributed by atoms with E-state index in [2.05, 4.69) is 36.3 Å². The molecule has 0 unspecified atom stereocenters. The molecule has 24 heavy (non-hydrogen) atoms. The summed E-state index contributed by atoms with van der Waals surface area (Å²) in [6.45, 7) is 6.98. The number of anilines is 1. The van der Waals surface area contributed by atoms with Gasteiger partial charge in [-0.05, 0) is 57.6 Å². The maximum Gasteiger partial charge on any atom is 0.226 e. The highest BCUT2D eigenvalue weighted by Gasteiger charge is 2.32. The Balaban J connectivity index is 1.89. The molecule has 1 aliphatic rings. The molecule has 1 amide bonds. The van der Waals surface area contributed by atoms with Crippen LogP contribution in [0, 0.1) is 0 Å². The summed E-state index contributed by atoms with van der Waals surface area (Å²) >= 11 is 11.5. The SMILES string of the molecule is COc1ccc(NC(=O)CCN2C(=S)NC(C)(C)C[C@@H]2C)cc1Cl. The summed E-state index contributed by atoms with van der Waals surface area (Å²) in [6.07, 6.45) is 1.33. The van der Waals surface area contributed by atoms with Crippen LogP contribution < -0.4 is 15.4 Å². The largest absolute Gasteiger partial charge is 0.495 e. The molecule has 2 N–H and O–H groups in total. The summed E-state index contributed by atoms with van der Waals surface area (Å²) in [5, 5.41) is 7.35. The molecule has 1 saturated heterocycles. The summed E-state index contributed by atoms with van der Waals surface area (Å²) in [4.78, 5) is 14.3. The van der Waals surface area contributed by atoms with E-state index in [1.807, 2.05) is 0 Å². The van der Waals surface area contributed by atoms with Gasteiger partial charge in [0.2, 0.25) is 5.91 Å². The molecule has 132 valence electrons. The van der Waals surface area contributed by atoms with Gasteiger partial charge in [-0.1, -0.05) is 11.6 Å². The van der Waals surface area contributed by atoms with E-state index in [1.165, 1.54) is 0 Å². The predicted octanol–water partition coefficient (Wildman–Crippen LogP) is 3.42. The van der Waals surface area contributed by atoms with Gasteiger partial charge in [0.1, 0.15) is 5.75 Å². The minimum atomic E-state index is -0.0731. The molecule has 0 spiro atoms. The molecule has 0 bridgehead atoms. The van der Waals surface area contributed by atoms with Gasteiger partial charge < -0.3 is 20.3 Å². The number of halogens is 1. The minimum Gasteiger partial charge on any atom is -0.495 e. The van der Waals surface area contributed by atoms with Crippen molar-refractivity contribution in [2.45, 2.75) is 45.2 Å². The van der Waals surface area contributed by atoms with E-state index in [0.717, 1.165) is 6.42 Å². The number of carbonyl (C=O) groups excluding carboxylic acids is 1. The number of nitrogens with one attached hydrogen (secondary N) is 2. The number of nitrogens with zero attached hydrogens (tertiary/aromatic N) is 1. The predicted molar refractivity (Wildman–Crippen MR) is 102 cm³/mol. The van der Waals surface area contributed by atoms with Gasteiger partial charge in [0.25, 0.3) is 0 Å². The molecule has 1 atom stereocenters. The molecule has 1 aromatic rings. The van der Waals surface area contributed by atoms with Crippen LogP contribution in [0.15, 0.2) is 18.2 Å². The fraction of sp³-hybridized carbons (Fsp3) is 0.529. The third kappa shape index (κ3) is 4.74. The number of hydrogen-bond acceptors (Lipinski definition) is 3. The first-order chi connectivity index (χ1) is 11.2. The molecular formula is C17H24ClN3O2S. The van der Waals surface area contributed by atoms with Crippen LogP contribution in [0.2, 0.25) is 5.02 Å². The van der Waals surface area contributed by atoms with E-state index in [0.29, 0.717) is 40.6 Å². The Morgan fingerprint density at radius 2 is 2.25 bits per heavy atom. The molecule has 0 aromatic heterocycles. The van der Waals surface area contributed by atoms with Crippen LogP contribution >= 0.6 is 23.8 Å². The maximum atomic E-state index is 12.2. The van der Waals surface area contributed by atoms with Crippen molar-refractivity contribution in [3.05, 3.63) is 23.2 Å². The van der Waals surface area contributed by atoms with Crippen LogP contribution in [-0.2, 0) is 4.79 Å². The number of ether oxygens (including phenoxy) is 1. The minimum absolute atomic E-state index is 0.00486. The first-order valence-electron chi connectivity index (χ1n) is 7.94. The first kappa shape index (κ1) is 18.8. The average molecular weight is 370 g/mol. The zero-order valence-corrected chi connectivity index (χ0v) is 16.1. The van der Waals surface area contributed by atoms with Gasteiger partial charge in [-0.15, -0.1) is 0 Å². The molecular weight excluding hydrogens is 346 g/mol.